The van der Waals surface area contributed by atoms with E-state index in [1.807, 2.05) is 0 Å². The van der Waals surface area contributed by atoms with Crippen molar-refractivity contribution in [1.29, 1.82) is 0 Å². The van der Waals surface area contributed by atoms with E-state index in [1.54, 1.807) is 0 Å². The van der Waals surface area contributed by atoms with Crippen molar-refractivity contribution >= 4 is 35.0 Å². The van der Waals surface area contributed by atoms with Crippen LogP contribution in [-0.4, -0.2) is 11.8 Å². The Hall–Kier alpha value is -2.11. The van der Waals surface area contributed by atoms with Crippen molar-refractivity contribution in [3.05, 3.63) is 69.5 Å². The van der Waals surface area contributed by atoms with Crippen LogP contribution in [0.2, 0.25) is 10.0 Å². The Balaban J connectivity index is 2.04. The molecular formula is C14H9Cl2FN2O2. The number of rotatable bonds is 2. The number of amides is 2. The highest BCUT2D eigenvalue weighted by molar-refractivity contribution is 6.36. The lowest BCUT2D eigenvalue weighted by molar-refractivity contribution is 0.0844. The van der Waals surface area contributed by atoms with Crippen LogP contribution in [0.5, 0.6) is 0 Å². The maximum absolute atomic E-state index is 13.4. The smallest absolute Gasteiger partial charge is 0.267 e. The SMILES string of the molecule is O=C(NNC(=O)c1ccc(Cl)cc1Cl)c1ccccc1F. The highest BCUT2D eigenvalue weighted by atomic mass is 35.5. The quantitative estimate of drug-likeness (QED) is 0.832. The first-order valence-corrected chi connectivity index (χ1v) is 6.55. The summed E-state index contributed by atoms with van der Waals surface area (Å²) in [6.45, 7) is 0. The molecule has 0 atom stereocenters. The number of carbonyl (C=O) groups is 2. The molecule has 0 saturated carbocycles. The van der Waals surface area contributed by atoms with Crippen molar-refractivity contribution in [2.75, 3.05) is 0 Å². The normalized spacial score (nSPS) is 10.0. The molecule has 0 aliphatic rings. The summed E-state index contributed by atoms with van der Waals surface area (Å²) in [5.41, 5.74) is 4.22. The first-order valence-electron chi connectivity index (χ1n) is 5.79. The van der Waals surface area contributed by atoms with Gasteiger partial charge in [0.1, 0.15) is 5.82 Å². The third-order valence-corrected chi connectivity index (χ3v) is 3.13. The second-order valence-electron chi connectivity index (χ2n) is 4.01. The maximum atomic E-state index is 13.4. The Morgan fingerprint density at radius 2 is 1.52 bits per heavy atom. The lowest BCUT2D eigenvalue weighted by atomic mass is 10.2. The van der Waals surface area contributed by atoms with Crippen LogP contribution in [0.1, 0.15) is 20.7 Å². The third kappa shape index (κ3) is 3.71. The highest BCUT2D eigenvalue weighted by Gasteiger charge is 2.14. The van der Waals surface area contributed by atoms with Crippen LogP contribution in [0.15, 0.2) is 42.5 Å². The number of hydrazine groups is 1. The minimum Gasteiger partial charge on any atom is -0.267 e. The van der Waals surface area contributed by atoms with Crippen molar-refractivity contribution < 1.29 is 14.0 Å². The summed E-state index contributed by atoms with van der Waals surface area (Å²) in [6, 6.07) is 9.71. The molecule has 2 aromatic carbocycles. The zero-order chi connectivity index (χ0) is 15.4. The van der Waals surface area contributed by atoms with Crippen LogP contribution in [0.25, 0.3) is 0 Å². The zero-order valence-corrected chi connectivity index (χ0v) is 12.0. The van der Waals surface area contributed by atoms with Crippen LogP contribution in [0.3, 0.4) is 0 Å². The van der Waals surface area contributed by atoms with Gasteiger partial charge in [-0.2, -0.15) is 0 Å². The van der Waals surface area contributed by atoms with Gasteiger partial charge >= 0.3 is 0 Å². The lowest BCUT2D eigenvalue weighted by Crippen LogP contribution is -2.42. The third-order valence-electron chi connectivity index (χ3n) is 2.58. The molecule has 0 aromatic heterocycles. The second kappa shape index (κ2) is 6.56. The van der Waals surface area contributed by atoms with Gasteiger partial charge in [0.15, 0.2) is 0 Å². The predicted octanol–water partition coefficient (Wildman–Crippen LogP) is 3.21. The fourth-order valence-electron chi connectivity index (χ4n) is 1.57. The molecule has 0 saturated heterocycles. The number of nitrogens with one attached hydrogen (secondary N) is 2. The summed E-state index contributed by atoms with van der Waals surface area (Å²) in [6.07, 6.45) is 0. The summed E-state index contributed by atoms with van der Waals surface area (Å²) < 4.78 is 13.4. The maximum Gasteiger partial charge on any atom is 0.272 e. The molecule has 0 aliphatic heterocycles. The molecule has 108 valence electrons. The second-order valence-corrected chi connectivity index (χ2v) is 4.86. The molecule has 4 nitrogen and oxygen atoms in total. The van der Waals surface area contributed by atoms with Crippen molar-refractivity contribution in [1.82, 2.24) is 10.9 Å². The average molecular weight is 327 g/mol. The van der Waals surface area contributed by atoms with Gasteiger partial charge in [-0.05, 0) is 30.3 Å². The molecule has 0 radical (unpaired) electrons. The molecule has 2 aromatic rings. The van der Waals surface area contributed by atoms with Gasteiger partial charge in [0.05, 0.1) is 16.1 Å². The molecule has 0 aliphatic carbocycles. The van der Waals surface area contributed by atoms with E-state index in [1.165, 1.54) is 36.4 Å². The molecule has 21 heavy (non-hydrogen) atoms. The lowest BCUT2D eigenvalue weighted by Gasteiger charge is -2.09. The number of halogens is 3. The standard InChI is InChI=1S/C14H9Cl2FN2O2/c15-8-5-6-9(11(16)7-8)13(20)18-19-14(21)10-3-1-2-4-12(10)17/h1-7H,(H,18,20)(H,19,21). The predicted molar refractivity (Wildman–Crippen MR) is 77.8 cm³/mol. The first-order chi connectivity index (χ1) is 9.99. The molecule has 0 heterocycles. The molecule has 2 N–H and O–H groups in total. The van der Waals surface area contributed by atoms with Gasteiger partial charge in [-0.1, -0.05) is 35.3 Å². The Labute approximate surface area is 129 Å². The fraction of sp³-hybridized carbons (Fsp3) is 0. The molecular weight excluding hydrogens is 318 g/mol. The number of carbonyl (C=O) groups excluding carboxylic acids is 2. The van der Waals surface area contributed by atoms with Gasteiger partial charge in [-0.15, -0.1) is 0 Å². The van der Waals surface area contributed by atoms with Crippen LogP contribution in [0, 0.1) is 5.82 Å². The van der Waals surface area contributed by atoms with E-state index in [-0.39, 0.29) is 16.1 Å². The summed E-state index contributed by atoms with van der Waals surface area (Å²) >= 11 is 11.6. The Morgan fingerprint density at radius 3 is 2.14 bits per heavy atom. The van der Waals surface area contributed by atoms with E-state index in [0.29, 0.717) is 5.02 Å². The zero-order valence-electron chi connectivity index (χ0n) is 10.5. The largest absolute Gasteiger partial charge is 0.272 e. The average Bonchev–Trinajstić information content (AvgIpc) is 2.45. The minimum absolute atomic E-state index is 0.134. The summed E-state index contributed by atoms with van der Waals surface area (Å²) in [7, 11) is 0. The van der Waals surface area contributed by atoms with E-state index in [2.05, 4.69) is 10.9 Å². The first kappa shape index (κ1) is 15.3. The van der Waals surface area contributed by atoms with Gasteiger partial charge in [-0.3, -0.25) is 20.4 Å². The van der Waals surface area contributed by atoms with Crippen LogP contribution < -0.4 is 10.9 Å². The molecule has 0 unspecified atom stereocenters. The molecule has 7 heteroatoms. The van der Waals surface area contributed by atoms with E-state index in [4.69, 9.17) is 23.2 Å². The van der Waals surface area contributed by atoms with Gasteiger partial charge in [0.25, 0.3) is 11.8 Å². The van der Waals surface area contributed by atoms with Crippen LogP contribution >= 0.6 is 23.2 Å². The van der Waals surface area contributed by atoms with E-state index in [9.17, 15) is 14.0 Å². The van der Waals surface area contributed by atoms with Gasteiger partial charge in [-0.25, -0.2) is 4.39 Å². The van der Waals surface area contributed by atoms with Crippen molar-refractivity contribution in [3.63, 3.8) is 0 Å². The van der Waals surface area contributed by atoms with Crippen molar-refractivity contribution in [2.24, 2.45) is 0 Å². The molecule has 0 fully saturated rings. The van der Waals surface area contributed by atoms with Crippen molar-refractivity contribution in [3.8, 4) is 0 Å². The van der Waals surface area contributed by atoms with E-state index < -0.39 is 17.6 Å². The highest BCUT2D eigenvalue weighted by Crippen LogP contribution is 2.20. The van der Waals surface area contributed by atoms with Gasteiger partial charge < -0.3 is 0 Å². The number of hydrogen-bond donors (Lipinski definition) is 2. The Morgan fingerprint density at radius 1 is 0.905 bits per heavy atom. The van der Waals surface area contributed by atoms with Crippen molar-refractivity contribution in [2.45, 2.75) is 0 Å². The van der Waals surface area contributed by atoms with E-state index >= 15 is 0 Å². The summed E-state index contributed by atoms with van der Waals surface area (Å²) in [4.78, 5) is 23.6. The Kier molecular flexibility index (Phi) is 4.77. The Bertz CT molecular complexity index is 707. The molecule has 0 bridgehead atoms. The van der Waals surface area contributed by atoms with Crippen LogP contribution in [-0.2, 0) is 0 Å². The number of benzene rings is 2. The number of hydrogen-bond acceptors (Lipinski definition) is 2. The summed E-state index contributed by atoms with van der Waals surface area (Å²) in [5.74, 6) is -2.10. The van der Waals surface area contributed by atoms with Gasteiger partial charge in [0, 0.05) is 5.02 Å². The minimum atomic E-state index is -0.772. The molecule has 2 amide bonds. The fourth-order valence-corrected chi connectivity index (χ4v) is 2.06. The van der Waals surface area contributed by atoms with Gasteiger partial charge in [0.2, 0.25) is 0 Å². The van der Waals surface area contributed by atoms with Crippen LogP contribution in [0.4, 0.5) is 4.39 Å². The summed E-state index contributed by atoms with van der Waals surface area (Å²) in [5, 5.41) is 0.520. The molecule has 2 rings (SSSR count). The molecule has 0 spiro atoms. The van der Waals surface area contributed by atoms with E-state index in [0.717, 1.165) is 6.07 Å². The monoisotopic (exact) mass is 326 g/mol. The topological polar surface area (TPSA) is 58.2 Å².